The Hall–Kier alpha value is -1.65. The van der Waals surface area contributed by atoms with E-state index < -0.39 is 16.0 Å². The topological polar surface area (TPSA) is 98.2 Å². The molecule has 1 aromatic carbocycles. The quantitative estimate of drug-likeness (QED) is 0.576. The van der Waals surface area contributed by atoms with Crippen LogP contribution in [0.5, 0.6) is 0 Å². The molecule has 0 saturated carbocycles. The number of nitrogens with one attached hydrogen (secondary N) is 1. The molecule has 1 aromatic heterocycles. The van der Waals surface area contributed by atoms with Gasteiger partial charge >= 0.3 is 5.97 Å². The molecule has 0 saturated heterocycles. The first-order valence-corrected chi connectivity index (χ1v) is 10.3. The highest BCUT2D eigenvalue weighted by atomic mass is 32.2. The molecule has 1 N–H and O–H groups in total. The van der Waals surface area contributed by atoms with E-state index in [4.69, 9.17) is 0 Å². The van der Waals surface area contributed by atoms with Gasteiger partial charge in [0.15, 0.2) is 4.34 Å². The van der Waals surface area contributed by atoms with Gasteiger partial charge in [-0.05, 0) is 17.7 Å². The van der Waals surface area contributed by atoms with E-state index in [1.54, 1.807) is 12.1 Å². The number of carbonyl (C=O) groups excluding carboxylic acids is 1. The van der Waals surface area contributed by atoms with Crippen molar-refractivity contribution >= 4 is 44.2 Å². The van der Waals surface area contributed by atoms with Gasteiger partial charge in [0.2, 0.25) is 15.2 Å². The highest BCUT2D eigenvalue weighted by Gasteiger charge is 2.16. The predicted octanol–water partition coefficient (Wildman–Crippen LogP) is 2.77. The van der Waals surface area contributed by atoms with E-state index in [1.807, 2.05) is 13.8 Å². The average molecular weight is 388 g/mol. The largest absolute Gasteiger partial charge is 0.465 e. The van der Waals surface area contributed by atoms with Crippen molar-refractivity contribution in [3.63, 3.8) is 0 Å². The molecule has 1 heterocycles. The Bertz CT molecular complexity index is 801. The third-order valence-electron chi connectivity index (χ3n) is 2.72. The van der Waals surface area contributed by atoms with Crippen LogP contribution in [0.2, 0.25) is 0 Å². The average Bonchev–Trinajstić information content (AvgIpc) is 2.92. The summed E-state index contributed by atoms with van der Waals surface area (Å²) in [5.74, 6) is -0.688. The van der Waals surface area contributed by atoms with Gasteiger partial charge in [-0.3, -0.25) is 4.72 Å². The first-order chi connectivity index (χ1) is 11.3. The number of benzene rings is 1. The molecule has 0 aliphatic heterocycles. The minimum atomic E-state index is -3.61. The van der Waals surface area contributed by atoms with Gasteiger partial charge in [-0.25, -0.2) is 13.2 Å². The summed E-state index contributed by atoms with van der Waals surface area (Å²) in [6.45, 7) is 4.04. The summed E-state index contributed by atoms with van der Waals surface area (Å²) in [4.78, 5) is 11.4. The monoisotopic (exact) mass is 387 g/mol. The van der Waals surface area contributed by atoms with E-state index in [0.29, 0.717) is 20.7 Å². The number of esters is 1. The number of aromatic nitrogens is 2. The van der Waals surface area contributed by atoms with E-state index in [-0.39, 0.29) is 10.9 Å². The van der Waals surface area contributed by atoms with Crippen molar-refractivity contribution < 1.29 is 17.9 Å². The molecule has 0 aliphatic carbocycles. The highest BCUT2D eigenvalue weighted by molar-refractivity contribution is 8.01. The van der Waals surface area contributed by atoms with Gasteiger partial charge in [0.05, 0.1) is 18.4 Å². The second kappa shape index (κ2) is 7.95. The number of hydrogen-bond acceptors (Lipinski definition) is 8. The number of carbonyl (C=O) groups is 1. The summed E-state index contributed by atoms with van der Waals surface area (Å²) < 4.78 is 32.1. The highest BCUT2D eigenvalue weighted by Crippen LogP contribution is 2.29. The minimum Gasteiger partial charge on any atom is -0.465 e. The molecule has 0 amide bonds. The number of methoxy groups -OCH3 is 1. The molecule has 0 radical (unpaired) electrons. The normalized spacial score (nSPS) is 11.5. The maximum atomic E-state index is 12.2. The molecule has 0 unspecified atom stereocenters. The molecule has 0 fully saturated rings. The van der Waals surface area contributed by atoms with Crippen molar-refractivity contribution in [3.8, 4) is 0 Å². The Labute approximate surface area is 148 Å². The second-order valence-corrected chi connectivity index (χ2v) is 9.61. The predicted molar refractivity (Wildman–Crippen MR) is 94.9 cm³/mol. The molecule has 0 spiro atoms. The van der Waals surface area contributed by atoms with Gasteiger partial charge in [-0.1, -0.05) is 49.1 Å². The van der Waals surface area contributed by atoms with Gasteiger partial charge in [0, 0.05) is 5.25 Å². The number of rotatable bonds is 7. The zero-order valence-electron chi connectivity index (χ0n) is 13.3. The lowest BCUT2D eigenvalue weighted by Crippen LogP contribution is -2.15. The molecule has 130 valence electrons. The van der Waals surface area contributed by atoms with Crippen LogP contribution in [0.25, 0.3) is 0 Å². The Morgan fingerprint density at radius 1 is 1.29 bits per heavy atom. The molecule has 2 aromatic rings. The Morgan fingerprint density at radius 3 is 2.54 bits per heavy atom. The van der Waals surface area contributed by atoms with Crippen LogP contribution >= 0.6 is 23.1 Å². The molecule has 0 atom stereocenters. The van der Waals surface area contributed by atoms with Crippen molar-refractivity contribution in [2.75, 3.05) is 11.8 Å². The second-order valence-electron chi connectivity index (χ2n) is 5.09. The third-order valence-corrected chi connectivity index (χ3v) is 5.99. The van der Waals surface area contributed by atoms with Crippen LogP contribution in [0.3, 0.4) is 0 Å². The standard InChI is InChI=1S/C14H17N3O4S3/c1-9(2)22-14-16-15-13(23-14)17-24(19,20)8-10-4-6-11(7-5-10)12(18)21-3/h4-7,9H,8H2,1-3H3,(H,15,17). The maximum absolute atomic E-state index is 12.2. The number of ether oxygens (including phenoxy) is 1. The van der Waals surface area contributed by atoms with E-state index in [0.717, 1.165) is 0 Å². The fraction of sp³-hybridized carbons (Fsp3) is 0.357. The van der Waals surface area contributed by atoms with Gasteiger partial charge in [-0.15, -0.1) is 10.2 Å². The lowest BCUT2D eigenvalue weighted by atomic mass is 10.1. The van der Waals surface area contributed by atoms with E-state index in [2.05, 4.69) is 19.7 Å². The lowest BCUT2D eigenvalue weighted by molar-refractivity contribution is 0.0600. The Balaban J connectivity index is 2.03. The van der Waals surface area contributed by atoms with Crippen LogP contribution in [-0.2, 0) is 20.5 Å². The molecule has 2 rings (SSSR count). The van der Waals surface area contributed by atoms with Crippen molar-refractivity contribution in [3.05, 3.63) is 35.4 Å². The van der Waals surface area contributed by atoms with Crippen molar-refractivity contribution in [1.82, 2.24) is 10.2 Å². The zero-order chi connectivity index (χ0) is 17.7. The van der Waals surface area contributed by atoms with Crippen molar-refractivity contribution in [1.29, 1.82) is 0 Å². The first-order valence-electron chi connectivity index (χ1n) is 6.97. The summed E-state index contributed by atoms with van der Waals surface area (Å²) in [5, 5.41) is 8.37. The molecule has 10 heteroatoms. The number of nitrogens with zero attached hydrogens (tertiary/aromatic N) is 2. The molecule has 0 bridgehead atoms. The van der Waals surface area contributed by atoms with Gasteiger partial charge in [0.25, 0.3) is 0 Å². The molecular formula is C14H17N3O4S3. The molecule has 24 heavy (non-hydrogen) atoms. The minimum absolute atomic E-state index is 0.222. The number of sulfonamides is 1. The van der Waals surface area contributed by atoms with E-state index in [1.165, 1.54) is 42.3 Å². The summed E-state index contributed by atoms with van der Waals surface area (Å²) in [6.07, 6.45) is 0. The first kappa shape index (κ1) is 18.7. The summed E-state index contributed by atoms with van der Waals surface area (Å²) >= 11 is 2.72. The van der Waals surface area contributed by atoms with E-state index in [9.17, 15) is 13.2 Å². The summed E-state index contributed by atoms with van der Waals surface area (Å²) in [5.41, 5.74) is 0.919. The van der Waals surface area contributed by atoms with Gasteiger partial charge in [0.1, 0.15) is 0 Å². The molecular weight excluding hydrogens is 370 g/mol. The zero-order valence-corrected chi connectivity index (χ0v) is 15.8. The van der Waals surface area contributed by atoms with Crippen molar-refractivity contribution in [2.24, 2.45) is 0 Å². The Morgan fingerprint density at radius 2 is 1.96 bits per heavy atom. The summed E-state index contributed by atoms with van der Waals surface area (Å²) in [7, 11) is -2.32. The Kier molecular flexibility index (Phi) is 6.19. The van der Waals surface area contributed by atoms with Crippen LogP contribution in [0, 0.1) is 0 Å². The van der Waals surface area contributed by atoms with Crippen molar-refractivity contribution in [2.45, 2.75) is 29.2 Å². The van der Waals surface area contributed by atoms with Crippen LogP contribution in [0.4, 0.5) is 5.13 Å². The van der Waals surface area contributed by atoms with E-state index >= 15 is 0 Å². The van der Waals surface area contributed by atoms with Crippen LogP contribution in [0.15, 0.2) is 28.6 Å². The fourth-order valence-corrected chi connectivity index (χ4v) is 5.13. The van der Waals surface area contributed by atoms with Crippen LogP contribution in [-0.4, -0.2) is 36.9 Å². The molecule has 0 aliphatic rings. The molecule has 7 nitrogen and oxygen atoms in total. The number of hydrogen-bond donors (Lipinski definition) is 1. The summed E-state index contributed by atoms with van der Waals surface area (Å²) in [6, 6.07) is 6.20. The van der Waals surface area contributed by atoms with Crippen LogP contribution < -0.4 is 4.72 Å². The number of thioether (sulfide) groups is 1. The SMILES string of the molecule is COC(=O)c1ccc(CS(=O)(=O)Nc2nnc(SC(C)C)s2)cc1. The number of anilines is 1. The maximum Gasteiger partial charge on any atom is 0.337 e. The van der Waals surface area contributed by atoms with Crippen LogP contribution in [0.1, 0.15) is 29.8 Å². The third kappa shape index (κ3) is 5.46. The lowest BCUT2D eigenvalue weighted by Gasteiger charge is -2.05. The van der Waals surface area contributed by atoms with Gasteiger partial charge < -0.3 is 4.74 Å². The fourth-order valence-electron chi connectivity index (χ4n) is 1.74. The van der Waals surface area contributed by atoms with Gasteiger partial charge in [-0.2, -0.15) is 0 Å². The smallest absolute Gasteiger partial charge is 0.337 e.